The Morgan fingerprint density at radius 3 is 3.00 bits per heavy atom. The van der Waals surface area contributed by atoms with Crippen LogP contribution in [0.1, 0.15) is 0 Å². The summed E-state index contributed by atoms with van der Waals surface area (Å²) in [7, 11) is 0. The van der Waals surface area contributed by atoms with E-state index in [1.165, 1.54) is 11.8 Å². The first-order valence-electron chi connectivity index (χ1n) is 3.55. The normalized spacial score (nSPS) is 25.0. The Kier molecular flexibility index (Phi) is 3.90. The molecule has 0 aromatic rings. The highest BCUT2D eigenvalue weighted by Crippen LogP contribution is 2.04. The van der Waals surface area contributed by atoms with Crippen molar-refractivity contribution < 1.29 is 14.3 Å². The molecule has 0 aromatic heterocycles. The number of ether oxygens (including phenoxy) is 2. The van der Waals surface area contributed by atoms with Gasteiger partial charge in [-0.2, -0.15) is 11.8 Å². The Balaban J connectivity index is 2.27. The molecule has 1 saturated heterocycles. The van der Waals surface area contributed by atoms with E-state index in [0.717, 1.165) is 0 Å². The van der Waals surface area contributed by atoms with E-state index in [1.807, 2.05) is 6.26 Å². The van der Waals surface area contributed by atoms with Crippen molar-refractivity contribution in [2.24, 2.45) is 0 Å². The summed E-state index contributed by atoms with van der Waals surface area (Å²) < 4.78 is 10.3. The van der Waals surface area contributed by atoms with Gasteiger partial charge in [-0.15, -0.1) is 0 Å². The number of Topliss-reactive ketones (excluding diaryl/α,β-unsaturated/α-hetero) is 1. The summed E-state index contributed by atoms with van der Waals surface area (Å²) in [6.45, 7) is 1.59. The van der Waals surface area contributed by atoms with E-state index in [9.17, 15) is 4.79 Å². The number of thioether (sulfide) groups is 1. The molecular weight excluding hydrogens is 164 g/mol. The molecule has 1 heterocycles. The van der Waals surface area contributed by atoms with Crippen molar-refractivity contribution in [3.63, 3.8) is 0 Å². The van der Waals surface area contributed by atoms with Crippen LogP contribution in [-0.2, 0) is 14.3 Å². The van der Waals surface area contributed by atoms with E-state index in [0.29, 0.717) is 25.6 Å². The monoisotopic (exact) mass is 176 g/mol. The number of carbonyl (C=O) groups is 1. The van der Waals surface area contributed by atoms with E-state index >= 15 is 0 Å². The van der Waals surface area contributed by atoms with Crippen LogP contribution < -0.4 is 0 Å². The molecule has 0 aromatic carbocycles. The average Bonchev–Trinajstić information content (AvgIpc) is 2.07. The Morgan fingerprint density at radius 1 is 1.64 bits per heavy atom. The summed E-state index contributed by atoms with van der Waals surface area (Å²) in [6, 6.07) is 0. The first kappa shape index (κ1) is 9.03. The standard InChI is InChI=1S/C7H12O3S/c1-11-5-6(8)7-4-9-2-3-10-7/h7H,2-5H2,1H3. The molecule has 1 atom stereocenters. The van der Waals surface area contributed by atoms with Gasteiger partial charge in [0.05, 0.1) is 25.6 Å². The summed E-state index contributed by atoms with van der Waals surface area (Å²) in [5.41, 5.74) is 0. The fourth-order valence-corrected chi connectivity index (χ4v) is 1.38. The van der Waals surface area contributed by atoms with Crippen LogP contribution >= 0.6 is 11.8 Å². The van der Waals surface area contributed by atoms with Gasteiger partial charge in [-0.05, 0) is 6.26 Å². The van der Waals surface area contributed by atoms with Gasteiger partial charge in [-0.25, -0.2) is 0 Å². The molecule has 11 heavy (non-hydrogen) atoms. The minimum Gasteiger partial charge on any atom is -0.376 e. The van der Waals surface area contributed by atoms with Gasteiger partial charge in [0.1, 0.15) is 6.10 Å². The second-order valence-electron chi connectivity index (χ2n) is 2.33. The highest BCUT2D eigenvalue weighted by atomic mass is 32.2. The van der Waals surface area contributed by atoms with Gasteiger partial charge in [-0.3, -0.25) is 4.79 Å². The molecule has 1 unspecified atom stereocenters. The second kappa shape index (κ2) is 4.74. The van der Waals surface area contributed by atoms with Crippen molar-refractivity contribution in [2.75, 3.05) is 31.8 Å². The number of rotatable bonds is 3. The van der Waals surface area contributed by atoms with E-state index in [1.54, 1.807) is 0 Å². The number of hydrogen-bond donors (Lipinski definition) is 0. The average molecular weight is 176 g/mol. The predicted octanol–water partition coefficient (Wildman–Crippen LogP) is 0.334. The van der Waals surface area contributed by atoms with E-state index in [-0.39, 0.29) is 11.9 Å². The lowest BCUT2D eigenvalue weighted by molar-refractivity contribution is -0.142. The predicted molar refractivity (Wildman–Crippen MR) is 43.9 cm³/mol. The maximum absolute atomic E-state index is 11.2. The highest BCUT2D eigenvalue weighted by molar-refractivity contribution is 7.99. The van der Waals surface area contributed by atoms with Crippen molar-refractivity contribution in [2.45, 2.75) is 6.10 Å². The maximum atomic E-state index is 11.2. The molecule has 0 N–H and O–H groups in total. The molecule has 0 aliphatic carbocycles. The van der Waals surface area contributed by atoms with Crippen molar-refractivity contribution >= 4 is 17.5 Å². The Hall–Kier alpha value is -0.0600. The molecule has 0 radical (unpaired) electrons. The van der Waals surface area contributed by atoms with Gasteiger partial charge >= 0.3 is 0 Å². The molecule has 3 nitrogen and oxygen atoms in total. The topological polar surface area (TPSA) is 35.5 Å². The number of hydrogen-bond acceptors (Lipinski definition) is 4. The van der Waals surface area contributed by atoms with Crippen molar-refractivity contribution in [3.05, 3.63) is 0 Å². The van der Waals surface area contributed by atoms with Crippen LogP contribution in [0.15, 0.2) is 0 Å². The zero-order valence-electron chi connectivity index (χ0n) is 6.54. The third-order valence-electron chi connectivity index (χ3n) is 1.46. The fourth-order valence-electron chi connectivity index (χ4n) is 0.909. The van der Waals surface area contributed by atoms with Gasteiger partial charge in [0.25, 0.3) is 0 Å². The quantitative estimate of drug-likeness (QED) is 0.621. The van der Waals surface area contributed by atoms with Crippen LogP contribution in [0.5, 0.6) is 0 Å². The van der Waals surface area contributed by atoms with Crippen LogP contribution in [0.3, 0.4) is 0 Å². The smallest absolute Gasteiger partial charge is 0.173 e. The zero-order chi connectivity index (χ0) is 8.10. The van der Waals surface area contributed by atoms with Gasteiger partial charge in [0.15, 0.2) is 5.78 Å². The van der Waals surface area contributed by atoms with Crippen molar-refractivity contribution in [1.29, 1.82) is 0 Å². The zero-order valence-corrected chi connectivity index (χ0v) is 7.36. The Bertz CT molecular complexity index is 132. The highest BCUT2D eigenvalue weighted by Gasteiger charge is 2.21. The van der Waals surface area contributed by atoms with Crippen molar-refractivity contribution in [3.8, 4) is 0 Å². The Morgan fingerprint density at radius 2 is 2.45 bits per heavy atom. The first-order chi connectivity index (χ1) is 5.34. The molecule has 4 heteroatoms. The lowest BCUT2D eigenvalue weighted by Crippen LogP contribution is -2.36. The lowest BCUT2D eigenvalue weighted by Gasteiger charge is -2.21. The molecule has 1 aliphatic heterocycles. The molecule has 0 amide bonds. The van der Waals surface area contributed by atoms with Crippen LogP contribution in [-0.4, -0.2) is 43.7 Å². The Labute approximate surface area is 70.4 Å². The molecule has 1 fully saturated rings. The summed E-state index contributed by atoms with van der Waals surface area (Å²) in [4.78, 5) is 11.2. The third-order valence-corrected chi connectivity index (χ3v) is 2.03. The summed E-state index contributed by atoms with van der Waals surface area (Å²) in [5.74, 6) is 0.658. The SMILES string of the molecule is CSCC(=O)C1COCCO1. The maximum Gasteiger partial charge on any atom is 0.173 e. The van der Waals surface area contributed by atoms with Crippen LogP contribution in [0.4, 0.5) is 0 Å². The molecule has 1 rings (SSSR count). The molecule has 0 saturated carbocycles. The van der Waals surface area contributed by atoms with Gasteiger partial charge < -0.3 is 9.47 Å². The summed E-state index contributed by atoms with van der Waals surface area (Å²) in [6.07, 6.45) is 1.60. The molecule has 0 bridgehead atoms. The van der Waals surface area contributed by atoms with Crippen molar-refractivity contribution in [1.82, 2.24) is 0 Å². The minimum atomic E-state index is -0.309. The van der Waals surface area contributed by atoms with E-state index in [4.69, 9.17) is 9.47 Å². The van der Waals surface area contributed by atoms with E-state index < -0.39 is 0 Å². The van der Waals surface area contributed by atoms with Gasteiger partial charge in [0.2, 0.25) is 0 Å². The number of ketones is 1. The van der Waals surface area contributed by atoms with Crippen LogP contribution in [0, 0.1) is 0 Å². The lowest BCUT2D eigenvalue weighted by atomic mass is 10.2. The van der Waals surface area contributed by atoms with Gasteiger partial charge in [0, 0.05) is 0 Å². The largest absolute Gasteiger partial charge is 0.376 e. The number of carbonyl (C=O) groups excluding carboxylic acids is 1. The van der Waals surface area contributed by atoms with Crippen LogP contribution in [0.25, 0.3) is 0 Å². The summed E-state index contributed by atoms with van der Waals surface area (Å²) in [5, 5.41) is 0. The van der Waals surface area contributed by atoms with Gasteiger partial charge in [-0.1, -0.05) is 0 Å². The minimum absolute atomic E-state index is 0.136. The fraction of sp³-hybridized carbons (Fsp3) is 0.857. The van der Waals surface area contributed by atoms with E-state index in [2.05, 4.69) is 0 Å². The third kappa shape index (κ3) is 2.81. The van der Waals surface area contributed by atoms with Crippen LogP contribution in [0.2, 0.25) is 0 Å². The molecular formula is C7H12O3S. The molecule has 1 aliphatic rings. The summed E-state index contributed by atoms with van der Waals surface area (Å²) >= 11 is 1.52. The second-order valence-corrected chi connectivity index (χ2v) is 3.20. The molecule has 64 valence electrons. The first-order valence-corrected chi connectivity index (χ1v) is 4.95. The molecule has 0 spiro atoms.